The lowest BCUT2D eigenvalue weighted by molar-refractivity contribution is -0.131. The first-order chi connectivity index (χ1) is 10.1. The van der Waals surface area contributed by atoms with Crippen LogP contribution in [-0.4, -0.2) is 28.5 Å². The number of hydrogen-bond donors (Lipinski definition) is 1. The number of para-hydroxylation sites is 1. The summed E-state index contributed by atoms with van der Waals surface area (Å²) in [6.45, 7) is 0.247. The molecule has 1 aliphatic rings. The van der Waals surface area contributed by atoms with Crippen molar-refractivity contribution < 1.29 is 4.79 Å². The first kappa shape index (κ1) is 13.8. The number of nitrogens with two attached hydrogens (primary N) is 1. The smallest absolute Gasteiger partial charge is 0.256 e. The van der Waals surface area contributed by atoms with E-state index in [0.29, 0.717) is 11.6 Å². The number of nitrogens with zero attached hydrogens (tertiary/aromatic N) is 2. The monoisotopic (exact) mass is 285 g/mol. The predicted octanol–water partition coefficient (Wildman–Crippen LogP) is 1.08. The molecule has 5 nitrogen and oxygen atoms in total. The maximum Gasteiger partial charge on any atom is 0.256 e. The summed E-state index contributed by atoms with van der Waals surface area (Å²) in [7, 11) is 1.81. The fraction of sp³-hybridized carbons (Fsp3) is 0.375. The molecule has 1 aliphatic carbocycles. The molecule has 1 saturated carbocycles. The summed E-state index contributed by atoms with van der Waals surface area (Å²) < 4.78 is 1.54. The van der Waals surface area contributed by atoms with E-state index in [0.717, 1.165) is 23.7 Å². The van der Waals surface area contributed by atoms with Gasteiger partial charge in [0.15, 0.2) is 0 Å². The minimum absolute atomic E-state index is 0.0288. The van der Waals surface area contributed by atoms with Gasteiger partial charge >= 0.3 is 0 Å². The average Bonchev–Trinajstić information content (AvgIpc) is 3.33. The Bertz CT molecular complexity index is 747. The second-order valence-electron chi connectivity index (χ2n) is 5.56. The summed E-state index contributed by atoms with van der Waals surface area (Å²) in [6.07, 6.45) is 2.11. The van der Waals surface area contributed by atoms with Gasteiger partial charge in [-0.15, -0.1) is 0 Å². The Balaban J connectivity index is 2.05. The zero-order chi connectivity index (χ0) is 15.0. The van der Waals surface area contributed by atoms with Crippen molar-refractivity contribution in [3.63, 3.8) is 0 Å². The van der Waals surface area contributed by atoms with Gasteiger partial charge in [0.1, 0.15) is 6.54 Å². The highest BCUT2D eigenvalue weighted by molar-refractivity contribution is 5.83. The van der Waals surface area contributed by atoms with Crippen LogP contribution in [0.1, 0.15) is 18.4 Å². The molecule has 0 bridgehead atoms. The molecule has 110 valence electrons. The summed E-state index contributed by atoms with van der Waals surface area (Å²) in [5.74, 6) is -0.0288. The van der Waals surface area contributed by atoms with Gasteiger partial charge in [0, 0.05) is 25.2 Å². The molecule has 1 heterocycles. The Kier molecular flexibility index (Phi) is 3.51. The van der Waals surface area contributed by atoms with Crippen LogP contribution < -0.4 is 11.3 Å². The molecule has 2 N–H and O–H groups in total. The molecule has 21 heavy (non-hydrogen) atoms. The lowest BCUT2D eigenvalue weighted by atomic mass is 10.1. The van der Waals surface area contributed by atoms with E-state index in [4.69, 9.17) is 5.73 Å². The molecular weight excluding hydrogens is 266 g/mol. The molecule has 1 fully saturated rings. The molecule has 0 aliphatic heterocycles. The summed E-state index contributed by atoms with van der Waals surface area (Å²) >= 11 is 0. The fourth-order valence-electron chi connectivity index (χ4n) is 2.60. The number of pyridine rings is 1. The fourth-order valence-corrected chi connectivity index (χ4v) is 2.60. The van der Waals surface area contributed by atoms with Crippen molar-refractivity contribution in [2.24, 2.45) is 5.73 Å². The molecule has 1 aromatic carbocycles. The summed E-state index contributed by atoms with van der Waals surface area (Å²) in [5, 5.41) is 0.930. The van der Waals surface area contributed by atoms with Crippen molar-refractivity contribution in [1.82, 2.24) is 9.47 Å². The van der Waals surface area contributed by atoms with E-state index in [2.05, 4.69) is 0 Å². The Morgan fingerprint density at radius 3 is 2.76 bits per heavy atom. The molecule has 0 radical (unpaired) electrons. The largest absolute Gasteiger partial charge is 0.341 e. The molecule has 5 heteroatoms. The van der Waals surface area contributed by atoms with E-state index < -0.39 is 0 Å². The van der Waals surface area contributed by atoms with Gasteiger partial charge in [0.2, 0.25) is 5.91 Å². The number of carbonyl (C=O) groups is 1. The van der Waals surface area contributed by atoms with Crippen LogP contribution in [0.15, 0.2) is 35.1 Å². The third-order valence-corrected chi connectivity index (χ3v) is 4.08. The van der Waals surface area contributed by atoms with Gasteiger partial charge in [-0.05, 0) is 30.4 Å². The van der Waals surface area contributed by atoms with Crippen LogP contribution in [0.5, 0.6) is 0 Å². The van der Waals surface area contributed by atoms with Gasteiger partial charge in [-0.3, -0.25) is 14.2 Å². The van der Waals surface area contributed by atoms with Gasteiger partial charge in [0.25, 0.3) is 5.56 Å². The number of amides is 1. The summed E-state index contributed by atoms with van der Waals surface area (Å²) in [5.41, 5.74) is 6.79. The highest BCUT2D eigenvalue weighted by atomic mass is 16.2. The van der Waals surface area contributed by atoms with Gasteiger partial charge < -0.3 is 10.6 Å². The molecule has 0 spiro atoms. The maximum absolute atomic E-state index is 12.5. The topological polar surface area (TPSA) is 68.3 Å². The van der Waals surface area contributed by atoms with Crippen molar-refractivity contribution in [3.8, 4) is 0 Å². The standard InChI is InChI=1S/C16H19N3O2/c1-18(13-6-7-13)15(20)10-19-14-5-3-2-4-11(14)8-12(9-17)16(19)21/h2-5,8,13H,6-7,9-10,17H2,1H3. The molecule has 1 aromatic heterocycles. The van der Waals surface area contributed by atoms with Crippen molar-refractivity contribution in [1.29, 1.82) is 0 Å². The lowest BCUT2D eigenvalue weighted by Gasteiger charge is -2.18. The van der Waals surface area contributed by atoms with Crippen LogP contribution in [0.3, 0.4) is 0 Å². The number of rotatable bonds is 4. The summed E-state index contributed by atoms with van der Waals surface area (Å²) in [6, 6.07) is 9.73. The van der Waals surface area contributed by atoms with Crippen molar-refractivity contribution in [2.45, 2.75) is 32.0 Å². The number of fused-ring (bicyclic) bond motifs is 1. The second-order valence-corrected chi connectivity index (χ2v) is 5.56. The zero-order valence-corrected chi connectivity index (χ0v) is 12.1. The second kappa shape index (κ2) is 5.33. The minimum Gasteiger partial charge on any atom is -0.341 e. The minimum atomic E-state index is -0.172. The zero-order valence-electron chi connectivity index (χ0n) is 12.1. The molecule has 0 atom stereocenters. The molecule has 0 saturated heterocycles. The number of hydrogen-bond acceptors (Lipinski definition) is 3. The highest BCUT2D eigenvalue weighted by Crippen LogP contribution is 2.25. The van der Waals surface area contributed by atoms with E-state index in [9.17, 15) is 9.59 Å². The first-order valence-electron chi connectivity index (χ1n) is 7.19. The van der Waals surface area contributed by atoms with E-state index in [1.54, 1.807) is 16.5 Å². The van der Waals surface area contributed by atoms with Crippen LogP contribution in [0.4, 0.5) is 0 Å². The Morgan fingerprint density at radius 2 is 2.10 bits per heavy atom. The molecule has 2 aromatic rings. The van der Waals surface area contributed by atoms with Crippen molar-refractivity contribution >= 4 is 16.8 Å². The predicted molar refractivity (Wildman–Crippen MR) is 81.9 cm³/mol. The molecule has 1 amide bonds. The van der Waals surface area contributed by atoms with Gasteiger partial charge in [-0.1, -0.05) is 18.2 Å². The van der Waals surface area contributed by atoms with E-state index in [-0.39, 0.29) is 24.6 Å². The average molecular weight is 285 g/mol. The SMILES string of the molecule is CN(C(=O)Cn1c(=O)c(CN)cc2ccccc21)C1CC1. The van der Waals surface area contributed by atoms with E-state index in [1.165, 1.54) is 0 Å². The number of carbonyl (C=O) groups excluding carboxylic acids is 1. The van der Waals surface area contributed by atoms with Crippen LogP contribution in [-0.2, 0) is 17.9 Å². The third kappa shape index (κ3) is 2.56. The van der Waals surface area contributed by atoms with Crippen LogP contribution in [0.2, 0.25) is 0 Å². The van der Waals surface area contributed by atoms with Crippen LogP contribution in [0.25, 0.3) is 10.9 Å². The van der Waals surface area contributed by atoms with Crippen LogP contribution >= 0.6 is 0 Å². The first-order valence-corrected chi connectivity index (χ1v) is 7.19. The maximum atomic E-state index is 12.5. The Morgan fingerprint density at radius 1 is 1.38 bits per heavy atom. The van der Waals surface area contributed by atoms with Gasteiger partial charge in [-0.25, -0.2) is 0 Å². The third-order valence-electron chi connectivity index (χ3n) is 4.08. The van der Waals surface area contributed by atoms with Gasteiger partial charge in [0.05, 0.1) is 5.52 Å². The molecule has 3 rings (SSSR count). The molecule has 0 unspecified atom stereocenters. The van der Waals surface area contributed by atoms with Gasteiger partial charge in [-0.2, -0.15) is 0 Å². The lowest BCUT2D eigenvalue weighted by Crippen LogP contribution is -2.36. The van der Waals surface area contributed by atoms with E-state index in [1.807, 2.05) is 30.3 Å². The number of aromatic nitrogens is 1. The summed E-state index contributed by atoms with van der Waals surface area (Å²) in [4.78, 5) is 26.5. The normalized spacial score (nSPS) is 14.4. The van der Waals surface area contributed by atoms with E-state index >= 15 is 0 Å². The Hall–Kier alpha value is -2.14. The Labute approximate surface area is 123 Å². The molecular formula is C16H19N3O2. The highest BCUT2D eigenvalue weighted by Gasteiger charge is 2.29. The van der Waals surface area contributed by atoms with Crippen LogP contribution in [0, 0.1) is 0 Å². The number of benzene rings is 1. The van der Waals surface area contributed by atoms with Crippen molar-refractivity contribution in [3.05, 3.63) is 46.2 Å². The quantitative estimate of drug-likeness (QED) is 0.914. The number of likely N-dealkylation sites (N-methyl/N-ethyl adjacent to an activating group) is 1. The van der Waals surface area contributed by atoms with Crippen molar-refractivity contribution in [2.75, 3.05) is 7.05 Å².